The lowest BCUT2D eigenvalue weighted by Gasteiger charge is -2.11. The molecular formula is C12H13N3O2S. The number of nitrogens with zero attached hydrogens (tertiary/aromatic N) is 1. The van der Waals surface area contributed by atoms with Gasteiger partial charge in [0.1, 0.15) is 0 Å². The zero-order chi connectivity index (χ0) is 12.5. The number of aromatic nitrogens is 1. The van der Waals surface area contributed by atoms with E-state index in [-0.39, 0.29) is 17.9 Å². The summed E-state index contributed by atoms with van der Waals surface area (Å²) in [7, 11) is 0. The Hall–Kier alpha value is -1.50. The van der Waals surface area contributed by atoms with E-state index in [0.29, 0.717) is 18.3 Å². The van der Waals surface area contributed by atoms with Gasteiger partial charge in [0, 0.05) is 6.04 Å². The summed E-state index contributed by atoms with van der Waals surface area (Å²) in [5.74, 6) is -0.393. The van der Waals surface area contributed by atoms with Crippen LogP contribution in [0.4, 0.5) is 5.13 Å². The SMILES string of the molecule is NC1COCC1C(=O)Nc1nc2ccccc2s1. The highest BCUT2D eigenvalue weighted by molar-refractivity contribution is 7.22. The standard InChI is InChI=1S/C12H13N3O2S/c13-8-6-17-5-7(8)11(16)15-12-14-9-3-1-2-4-10(9)18-12/h1-4,7-8H,5-6,13H2,(H,14,15,16). The molecule has 1 saturated heterocycles. The monoisotopic (exact) mass is 263 g/mol. The summed E-state index contributed by atoms with van der Waals surface area (Å²) in [5, 5.41) is 3.42. The van der Waals surface area contributed by atoms with Gasteiger partial charge in [-0.15, -0.1) is 0 Å². The number of thiazole rings is 1. The minimum atomic E-state index is -0.281. The lowest BCUT2D eigenvalue weighted by molar-refractivity contribution is -0.120. The maximum Gasteiger partial charge on any atom is 0.233 e. The Morgan fingerprint density at radius 1 is 1.44 bits per heavy atom. The molecule has 0 radical (unpaired) electrons. The van der Waals surface area contributed by atoms with E-state index in [9.17, 15) is 4.79 Å². The summed E-state index contributed by atoms with van der Waals surface area (Å²) in [4.78, 5) is 16.4. The average Bonchev–Trinajstić information content (AvgIpc) is 2.94. The fourth-order valence-electron chi connectivity index (χ4n) is 1.96. The number of carbonyl (C=O) groups excluding carboxylic acids is 1. The molecule has 6 heteroatoms. The van der Waals surface area contributed by atoms with Gasteiger partial charge < -0.3 is 15.8 Å². The lowest BCUT2D eigenvalue weighted by Crippen LogP contribution is -2.37. The molecule has 3 rings (SSSR count). The minimum Gasteiger partial charge on any atom is -0.379 e. The maximum atomic E-state index is 12.0. The number of carbonyl (C=O) groups is 1. The van der Waals surface area contributed by atoms with Crippen molar-refractivity contribution >= 4 is 32.6 Å². The van der Waals surface area contributed by atoms with Gasteiger partial charge in [0.05, 0.1) is 29.3 Å². The van der Waals surface area contributed by atoms with Crippen molar-refractivity contribution < 1.29 is 9.53 Å². The third-order valence-corrected chi connectivity index (χ3v) is 3.94. The van der Waals surface area contributed by atoms with Crippen molar-refractivity contribution in [2.24, 2.45) is 11.7 Å². The molecule has 1 aliphatic rings. The second kappa shape index (κ2) is 4.64. The van der Waals surface area contributed by atoms with Crippen molar-refractivity contribution in [1.82, 2.24) is 4.98 Å². The highest BCUT2D eigenvalue weighted by Gasteiger charge is 2.31. The van der Waals surface area contributed by atoms with Crippen molar-refractivity contribution in [2.75, 3.05) is 18.5 Å². The second-order valence-electron chi connectivity index (χ2n) is 4.28. The molecule has 3 N–H and O–H groups in total. The second-order valence-corrected chi connectivity index (χ2v) is 5.31. The van der Waals surface area contributed by atoms with Gasteiger partial charge >= 0.3 is 0 Å². The zero-order valence-corrected chi connectivity index (χ0v) is 10.4. The summed E-state index contributed by atoms with van der Waals surface area (Å²) < 4.78 is 6.24. The van der Waals surface area contributed by atoms with Crippen molar-refractivity contribution in [3.63, 3.8) is 0 Å². The molecule has 0 spiro atoms. The molecule has 1 amide bonds. The van der Waals surface area contributed by atoms with Crippen molar-refractivity contribution in [3.05, 3.63) is 24.3 Å². The molecule has 2 unspecified atom stereocenters. The first-order valence-electron chi connectivity index (χ1n) is 5.74. The lowest BCUT2D eigenvalue weighted by atomic mass is 10.0. The molecule has 94 valence electrons. The molecule has 1 aliphatic heterocycles. The van der Waals surface area contributed by atoms with Gasteiger partial charge in [-0.3, -0.25) is 4.79 Å². The van der Waals surface area contributed by atoms with Crippen LogP contribution in [0, 0.1) is 5.92 Å². The van der Waals surface area contributed by atoms with Crippen LogP contribution in [0.1, 0.15) is 0 Å². The van der Waals surface area contributed by atoms with Gasteiger partial charge in [-0.25, -0.2) is 4.98 Å². The number of fused-ring (bicyclic) bond motifs is 1. The Balaban J connectivity index is 1.77. The summed E-state index contributed by atoms with van der Waals surface area (Å²) in [6.45, 7) is 0.829. The van der Waals surface area contributed by atoms with Gasteiger partial charge in [0.2, 0.25) is 5.91 Å². The summed E-state index contributed by atoms with van der Waals surface area (Å²) in [6.07, 6.45) is 0. The third kappa shape index (κ3) is 2.10. The van der Waals surface area contributed by atoms with Crippen LogP contribution in [-0.4, -0.2) is 30.1 Å². The molecule has 18 heavy (non-hydrogen) atoms. The molecule has 0 bridgehead atoms. The van der Waals surface area contributed by atoms with E-state index < -0.39 is 0 Å². The van der Waals surface area contributed by atoms with Crippen LogP contribution >= 0.6 is 11.3 Å². The van der Waals surface area contributed by atoms with Gasteiger partial charge in [-0.2, -0.15) is 0 Å². The molecule has 5 nitrogen and oxygen atoms in total. The topological polar surface area (TPSA) is 77.2 Å². The van der Waals surface area contributed by atoms with Crippen molar-refractivity contribution in [3.8, 4) is 0 Å². The van der Waals surface area contributed by atoms with E-state index in [0.717, 1.165) is 10.2 Å². The zero-order valence-electron chi connectivity index (χ0n) is 9.63. The predicted octanol–water partition coefficient (Wildman–Crippen LogP) is 1.21. The number of para-hydroxylation sites is 1. The van der Waals surface area contributed by atoms with Crippen molar-refractivity contribution in [1.29, 1.82) is 0 Å². The van der Waals surface area contributed by atoms with Crippen LogP contribution in [0.3, 0.4) is 0 Å². The average molecular weight is 263 g/mol. The molecule has 2 heterocycles. The summed E-state index contributed by atoms with van der Waals surface area (Å²) >= 11 is 1.46. The van der Waals surface area contributed by atoms with Crippen LogP contribution in [0.5, 0.6) is 0 Å². The normalized spacial score (nSPS) is 23.4. The molecular weight excluding hydrogens is 250 g/mol. The Morgan fingerprint density at radius 3 is 3.00 bits per heavy atom. The van der Waals surface area contributed by atoms with Crippen LogP contribution in [0.15, 0.2) is 24.3 Å². The third-order valence-electron chi connectivity index (χ3n) is 2.99. The highest BCUT2D eigenvalue weighted by atomic mass is 32.1. The molecule has 1 fully saturated rings. The molecule has 0 aliphatic carbocycles. The molecule has 1 aromatic carbocycles. The number of nitrogens with two attached hydrogens (primary N) is 1. The van der Waals surface area contributed by atoms with Crippen LogP contribution in [0.2, 0.25) is 0 Å². The van der Waals surface area contributed by atoms with Gasteiger partial charge in [-0.1, -0.05) is 23.5 Å². The summed E-state index contributed by atoms with van der Waals surface area (Å²) in [5.41, 5.74) is 6.70. The first-order chi connectivity index (χ1) is 8.74. The predicted molar refractivity (Wildman–Crippen MR) is 70.5 cm³/mol. The van der Waals surface area contributed by atoms with E-state index >= 15 is 0 Å². The number of hydrogen-bond donors (Lipinski definition) is 2. The van der Waals surface area contributed by atoms with E-state index in [1.165, 1.54) is 11.3 Å². The molecule has 2 aromatic rings. The fraction of sp³-hybridized carbons (Fsp3) is 0.333. The van der Waals surface area contributed by atoms with E-state index in [4.69, 9.17) is 10.5 Å². The number of ether oxygens (including phenoxy) is 1. The van der Waals surface area contributed by atoms with Crippen LogP contribution in [0.25, 0.3) is 10.2 Å². The Bertz CT molecular complexity index is 550. The van der Waals surface area contributed by atoms with Gasteiger partial charge in [0.15, 0.2) is 5.13 Å². The molecule has 2 atom stereocenters. The number of benzene rings is 1. The van der Waals surface area contributed by atoms with Crippen LogP contribution < -0.4 is 11.1 Å². The smallest absolute Gasteiger partial charge is 0.233 e. The Labute approximate surface area is 108 Å². The quantitative estimate of drug-likeness (QED) is 0.853. The number of amides is 1. The van der Waals surface area contributed by atoms with Crippen LogP contribution in [-0.2, 0) is 9.53 Å². The first-order valence-corrected chi connectivity index (χ1v) is 6.55. The summed E-state index contributed by atoms with van der Waals surface area (Å²) in [6, 6.07) is 7.56. The number of hydrogen-bond acceptors (Lipinski definition) is 5. The van der Waals surface area contributed by atoms with E-state index in [1.54, 1.807) is 0 Å². The van der Waals surface area contributed by atoms with Crippen molar-refractivity contribution in [2.45, 2.75) is 6.04 Å². The van der Waals surface area contributed by atoms with Gasteiger partial charge in [-0.05, 0) is 12.1 Å². The number of rotatable bonds is 2. The minimum absolute atomic E-state index is 0.112. The number of anilines is 1. The largest absolute Gasteiger partial charge is 0.379 e. The maximum absolute atomic E-state index is 12.0. The Morgan fingerprint density at radius 2 is 2.28 bits per heavy atom. The molecule has 1 aromatic heterocycles. The van der Waals surface area contributed by atoms with E-state index in [1.807, 2.05) is 24.3 Å². The number of nitrogens with one attached hydrogen (secondary N) is 1. The van der Waals surface area contributed by atoms with E-state index in [2.05, 4.69) is 10.3 Å². The highest BCUT2D eigenvalue weighted by Crippen LogP contribution is 2.26. The fourth-order valence-corrected chi connectivity index (χ4v) is 2.83. The molecule has 0 saturated carbocycles. The van der Waals surface area contributed by atoms with Gasteiger partial charge in [0.25, 0.3) is 0 Å². The Kier molecular flexibility index (Phi) is 2.99. The first kappa shape index (κ1) is 11.6.